The highest BCUT2D eigenvalue weighted by molar-refractivity contribution is 7.89. The van der Waals surface area contributed by atoms with Crippen LogP contribution < -0.4 is 4.72 Å². The average Bonchev–Trinajstić information content (AvgIpc) is 2.53. The molecule has 0 saturated heterocycles. The number of hydrogen-bond donors (Lipinski definition) is 1. The summed E-state index contributed by atoms with van der Waals surface area (Å²) < 4.78 is 80.1. The van der Waals surface area contributed by atoms with Crippen LogP contribution >= 0.6 is 0 Å². The van der Waals surface area contributed by atoms with Crippen LogP contribution in [0.5, 0.6) is 0 Å². The van der Waals surface area contributed by atoms with Crippen LogP contribution in [-0.4, -0.2) is 20.8 Å². The molecule has 0 aromatic heterocycles. The van der Waals surface area contributed by atoms with Gasteiger partial charge < -0.3 is 0 Å². The van der Waals surface area contributed by atoms with Crippen LogP contribution in [0.15, 0.2) is 59.5 Å². The first-order chi connectivity index (χ1) is 11.2. The molecule has 0 aliphatic carbocycles. The molecular formula is C16H15F4NO2S. The molecule has 8 heteroatoms. The maximum atomic E-state index is 14.0. The molecule has 0 heterocycles. The predicted octanol–water partition coefficient (Wildman–Crippen LogP) is 3.92. The average molecular weight is 361 g/mol. The largest absolute Gasteiger partial charge is 0.327 e. The summed E-state index contributed by atoms with van der Waals surface area (Å²) in [5.74, 6) is -4.57. The van der Waals surface area contributed by atoms with Gasteiger partial charge in [0.15, 0.2) is 0 Å². The van der Waals surface area contributed by atoms with Gasteiger partial charge in [-0.3, -0.25) is 0 Å². The number of benzene rings is 2. The fourth-order valence-electron chi connectivity index (χ4n) is 2.22. The maximum absolute atomic E-state index is 14.0. The van der Waals surface area contributed by atoms with Crippen molar-refractivity contribution < 1.29 is 26.0 Å². The lowest BCUT2D eigenvalue weighted by Gasteiger charge is -2.27. The lowest BCUT2D eigenvalue weighted by atomic mass is 10.0. The van der Waals surface area contributed by atoms with E-state index in [9.17, 15) is 26.0 Å². The normalized spacial score (nSPS) is 13.9. The van der Waals surface area contributed by atoms with Crippen molar-refractivity contribution >= 4 is 10.0 Å². The van der Waals surface area contributed by atoms with E-state index in [-0.39, 0.29) is 10.5 Å². The summed E-state index contributed by atoms with van der Waals surface area (Å²) in [4.78, 5) is -0.240. The standard InChI is InChI=1S/C16H15F4NO2S/c1-11-7-5-6-10-13(11)24(22,23)21-14(16(19,20)15(17)18)12-8-3-2-4-9-12/h2-10,14-15,21H,1H3. The Bertz CT molecular complexity index is 795. The SMILES string of the molecule is Cc1ccccc1S(=O)(=O)NC(c1ccccc1)C(F)(F)C(F)F. The van der Waals surface area contributed by atoms with Gasteiger partial charge in [-0.05, 0) is 24.1 Å². The van der Waals surface area contributed by atoms with Crippen molar-refractivity contribution in [1.82, 2.24) is 4.72 Å². The van der Waals surface area contributed by atoms with E-state index < -0.39 is 28.4 Å². The summed E-state index contributed by atoms with van der Waals surface area (Å²) in [6.45, 7) is 1.48. The molecule has 2 rings (SSSR count). The van der Waals surface area contributed by atoms with Crippen molar-refractivity contribution in [2.75, 3.05) is 0 Å². The summed E-state index contributed by atoms with van der Waals surface area (Å²) in [6.07, 6.45) is -4.03. The van der Waals surface area contributed by atoms with E-state index in [0.29, 0.717) is 5.56 Å². The van der Waals surface area contributed by atoms with Crippen LogP contribution in [0, 0.1) is 6.92 Å². The van der Waals surface area contributed by atoms with Crippen LogP contribution in [0.4, 0.5) is 17.6 Å². The molecule has 2 aromatic carbocycles. The highest BCUT2D eigenvalue weighted by Crippen LogP contribution is 2.37. The number of halogens is 4. The molecule has 0 saturated carbocycles. The van der Waals surface area contributed by atoms with E-state index in [0.717, 1.165) is 0 Å². The van der Waals surface area contributed by atoms with Gasteiger partial charge in [0.2, 0.25) is 10.0 Å². The molecular weight excluding hydrogens is 346 g/mol. The topological polar surface area (TPSA) is 46.2 Å². The van der Waals surface area contributed by atoms with Crippen molar-refractivity contribution in [2.45, 2.75) is 30.2 Å². The summed E-state index contributed by atoms with van der Waals surface area (Å²) >= 11 is 0. The Morgan fingerprint density at radius 1 is 0.958 bits per heavy atom. The van der Waals surface area contributed by atoms with Crippen molar-refractivity contribution in [3.63, 3.8) is 0 Å². The molecule has 0 amide bonds. The van der Waals surface area contributed by atoms with Crippen molar-refractivity contribution in [3.8, 4) is 0 Å². The van der Waals surface area contributed by atoms with Gasteiger partial charge in [0.25, 0.3) is 0 Å². The van der Waals surface area contributed by atoms with Crippen molar-refractivity contribution in [3.05, 3.63) is 65.7 Å². The summed E-state index contributed by atoms with van der Waals surface area (Å²) in [7, 11) is -4.42. The zero-order chi connectivity index (χ0) is 18.0. The fraction of sp³-hybridized carbons (Fsp3) is 0.250. The van der Waals surface area contributed by atoms with E-state index in [2.05, 4.69) is 0 Å². The fourth-order valence-corrected chi connectivity index (χ4v) is 3.70. The van der Waals surface area contributed by atoms with Crippen molar-refractivity contribution in [1.29, 1.82) is 0 Å². The lowest BCUT2D eigenvalue weighted by molar-refractivity contribution is -0.147. The van der Waals surface area contributed by atoms with E-state index in [1.807, 2.05) is 0 Å². The van der Waals surface area contributed by atoms with Gasteiger partial charge in [0.1, 0.15) is 6.04 Å². The first kappa shape index (κ1) is 18.4. The molecule has 0 bridgehead atoms. The Labute approximate surface area is 137 Å². The minimum absolute atomic E-state index is 0.240. The molecule has 1 atom stereocenters. The zero-order valence-corrected chi connectivity index (χ0v) is 13.4. The van der Waals surface area contributed by atoms with E-state index in [4.69, 9.17) is 0 Å². The molecule has 0 spiro atoms. The van der Waals surface area contributed by atoms with E-state index >= 15 is 0 Å². The monoisotopic (exact) mass is 361 g/mol. The highest BCUT2D eigenvalue weighted by Gasteiger charge is 2.51. The van der Waals surface area contributed by atoms with Gasteiger partial charge in [-0.1, -0.05) is 48.5 Å². The first-order valence-corrected chi connectivity index (χ1v) is 8.43. The number of rotatable bonds is 6. The van der Waals surface area contributed by atoms with Gasteiger partial charge in [-0.25, -0.2) is 17.2 Å². The Morgan fingerprint density at radius 2 is 1.50 bits per heavy atom. The smallest absolute Gasteiger partial charge is 0.207 e. The summed E-state index contributed by atoms with van der Waals surface area (Å²) in [5, 5.41) is 0. The minimum atomic E-state index is -4.57. The van der Waals surface area contributed by atoms with Gasteiger partial charge in [0, 0.05) is 0 Å². The Morgan fingerprint density at radius 3 is 2.04 bits per heavy atom. The third kappa shape index (κ3) is 3.76. The van der Waals surface area contributed by atoms with Gasteiger partial charge in [-0.2, -0.15) is 13.5 Å². The highest BCUT2D eigenvalue weighted by atomic mass is 32.2. The van der Waals surface area contributed by atoms with Gasteiger partial charge >= 0.3 is 12.3 Å². The summed E-state index contributed by atoms with van der Waals surface area (Å²) in [5.41, 5.74) is 0.0668. The number of sulfonamides is 1. The second kappa shape index (κ2) is 6.90. The quantitative estimate of drug-likeness (QED) is 0.793. The van der Waals surface area contributed by atoms with E-state index in [1.54, 1.807) is 10.8 Å². The van der Waals surface area contributed by atoms with Crippen LogP contribution in [0.2, 0.25) is 0 Å². The molecule has 0 fully saturated rings. The van der Waals surface area contributed by atoms with Crippen LogP contribution in [0.1, 0.15) is 17.2 Å². The van der Waals surface area contributed by atoms with Gasteiger partial charge in [0.05, 0.1) is 4.90 Å². The van der Waals surface area contributed by atoms with Gasteiger partial charge in [-0.15, -0.1) is 0 Å². The Kier molecular flexibility index (Phi) is 5.29. The number of aryl methyl sites for hydroxylation is 1. The predicted molar refractivity (Wildman–Crippen MR) is 81.6 cm³/mol. The van der Waals surface area contributed by atoms with Crippen LogP contribution in [-0.2, 0) is 10.0 Å². The molecule has 0 aliphatic rings. The molecule has 1 unspecified atom stereocenters. The number of nitrogens with one attached hydrogen (secondary N) is 1. The van der Waals surface area contributed by atoms with Crippen LogP contribution in [0.25, 0.3) is 0 Å². The molecule has 24 heavy (non-hydrogen) atoms. The molecule has 130 valence electrons. The molecule has 0 aliphatic heterocycles. The van der Waals surface area contributed by atoms with E-state index in [1.165, 1.54) is 55.5 Å². The molecule has 0 radical (unpaired) electrons. The maximum Gasteiger partial charge on any atom is 0.327 e. The Hall–Kier alpha value is -1.93. The first-order valence-electron chi connectivity index (χ1n) is 6.95. The van der Waals surface area contributed by atoms with Crippen molar-refractivity contribution in [2.24, 2.45) is 0 Å². The summed E-state index contributed by atoms with van der Waals surface area (Å²) in [6, 6.07) is 9.90. The molecule has 3 nitrogen and oxygen atoms in total. The second-order valence-electron chi connectivity index (χ2n) is 5.21. The molecule has 2 aromatic rings. The lowest BCUT2D eigenvalue weighted by Crippen LogP contribution is -2.44. The Balaban J connectivity index is 2.48. The third-order valence-electron chi connectivity index (χ3n) is 3.46. The number of hydrogen-bond acceptors (Lipinski definition) is 2. The zero-order valence-electron chi connectivity index (χ0n) is 12.6. The molecule has 1 N–H and O–H groups in total. The minimum Gasteiger partial charge on any atom is -0.207 e. The second-order valence-corrected chi connectivity index (χ2v) is 6.89. The third-order valence-corrected chi connectivity index (χ3v) is 5.05. The number of alkyl halides is 4. The van der Waals surface area contributed by atoms with Crippen LogP contribution in [0.3, 0.4) is 0 Å².